The predicted molar refractivity (Wildman–Crippen MR) is 65.7 cm³/mol. The molecule has 0 aliphatic heterocycles. The normalized spacial score (nSPS) is 12.8. The number of nitrogens with one attached hydrogen (secondary N) is 1. The fourth-order valence-electron chi connectivity index (χ4n) is 1.46. The van der Waals surface area contributed by atoms with Gasteiger partial charge in [0.15, 0.2) is 0 Å². The summed E-state index contributed by atoms with van der Waals surface area (Å²) in [6.45, 7) is 6.04. The number of halogens is 1. The highest BCUT2D eigenvalue weighted by molar-refractivity contribution is 9.09. The fraction of sp³-hybridized carbons (Fsp3) is 0.636. The number of aromatic nitrogens is 1. The number of nitrogens with zero attached hydrogens (tertiary/aromatic N) is 1. The van der Waals surface area contributed by atoms with Gasteiger partial charge in [-0.3, -0.25) is 4.79 Å². The maximum Gasteiger partial charge on any atom is 0.290 e. The van der Waals surface area contributed by atoms with E-state index >= 15 is 0 Å². The van der Waals surface area contributed by atoms with Crippen LogP contribution >= 0.6 is 15.9 Å². The Labute approximate surface area is 104 Å². The number of carbonyl (C=O) groups excluding carboxylic acids is 1. The largest absolute Gasteiger partial charge is 0.351 e. The van der Waals surface area contributed by atoms with Gasteiger partial charge in [0.05, 0.1) is 5.69 Å². The zero-order valence-corrected chi connectivity index (χ0v) is 11.4. The number of carbonyl (C=O) groups is 1. The zero-order valence-electron chi connectivity index (χ0n) is 9.79. The average molecular weight is 289 g/mol. The summed E-state index contributed by atoms with van der Waals surface area (Å²) in [5.41, 5.74) is 0.712. The molecule has 0 aromatic carbocycles. The number of amides is 1. The highest BCUT2D eigenvalue weighted by Gasteiger charge is 2.17. The van der Waals surface area contributed by atoms with E-state index in [4.69, 9.17) is 4.52 Å². The molecule has 1 aromatic heterocycles. The summed E-state index contributed by atoms with van der Waals surface area (Å²) in [5.74, 6) is 0.609. The van der Waals surface area contributed by atoms with Crippen LogP contribution in [0.2, 0.25) is 0 Å². The molecule has 1 N–H and O–H groups in total. The third-order valence-corrected chi connectivity index (χ3v) is 2.91. The van der Waals surface area contributed by atoms with Crippen molar-refractivity contribution in [3.63, 3.8) is 0 Å². The summed E-state index contributed by atoms with van der Waals surface area (Å²) in [5, 5.41) is 7.33. The van der Waals surface area contributed by atoms with Gasteiger partial charge in [-0.1, -0.05) is 34.9 Å². The lowest BCUT2D eigenvalue weighted by Crippen LogP contribution is -2.36. The van der Waals surface area contributed by atoms with Crippen LogP contribution in [0.4, 0.5) is 0 Å². The van der Waals surface area contributed by atoms with Gasteiger partial charge in [0.2, 0.25) is 5.76 Å². The van der Waals surface area contributed by atoms with Crippen LogP contribution in [0.5, 0.6) is 0 Å². The van der Waals surface area contributed by atoms with Crippen molar-refractivity contribution in [2.45, 2.75) is 33.2 Å². The van der Waals surface area contributed by atoms with Gasteiger partial charge in [0.1, 0.15) is 0 Å². The summed E-state index contributed by atoms with van der Waals surface area (Å²) in [6.07, 6.45) is 0.935. The molecule has 1 heterocycles. The van der Waals surface area contributed by atoms with Crippen molar-refractivity contribution in [2.75, 3.05) is 5.33 Å². The lowest BCUT2D eigenvalue weighted by Gasteiger charge is -2.17. The molecule has 0 saturated carbocycles. The summed E-state index contributed by atoms with van der Waals surface area (Å²) in [7, 11) is 0. The van der Waals surface area contributed by atoms with Crippen LogP contribution in [0.3, 0.4) is 0 Å². The Morgan fingerprint density at radius 2 is 2.31 bits per heavy atom. The van der Waals surface area contributed by atoms with Crippen molar-refractivity contribution in [1.82, 2.24) is 10.5 Å². The number of hydrogen-bond donors (Lipinski definition) is 1. The lowest BCUT2D eigenvalue weighted by atomic mass is 10.1. The second-order valence-corrected chi connectivity index (χ2v) is 4.93. The van der Waals surface area contributed by atoms with Gasteiger partial charge in [-0.2, -0.15) is 0 Å². The Hall–Kier alpha value is -0.840. The number of rotatable bonds is 5. The van der Waals surface area contributed by atoms with E-state index in [-0.39, 0.29) is 17.7 Å². The van der Waals surface area contributed by atoms with E-state index in [1.165, 1.54) is 0 Å². The van der Waals surface area contributed by atoms with Crippen molar-refractivity contribution in [3.8, 4) is 0 Å². The topological polar surface area (TPSA) is 55.1 Å². The van der Waals surface area contributed by atoms with E-state index < -0.39 is 0 Å². The van der Waals surface area contributed by atoms with Crippen molar-refractivity contribution >= 4 is 21.8 Å². The molecule has 4 nitrogen and oxygen atoms in total. The van der Waals surface area contributed by atoms with Gasteiger partial charge in [-0.15, -0.1) is 0 Å². The Kier molecular flexibility index (Phi) is 4.99. The molecule has 1 rings (SSSR count). The Morgan fingerprint density at radius 1 is 1.62 bits per heavy atom. The van der Waals surface area contributed by atoms with E-state index in [0.717, 1.165) is 11.8 Å². The highest BCUT2D eigenvalue weighted by Crippen LogP contribution is 2.09. The Morgan fingerprint density at radius 3 is 2.75 bits per heavy atom. The third-order valence-electron chi connectivity index (χ3n) is 2.13. The molecule has 0 saturated heterocycles. The molecule has 0 aliphatic rings. The van der Waals surface area contributed by atoms with Crippen LogP contribution < -0.4 is 5.32 Å². The minimum Gasteiger partial charge on any atom is -0.351 e. The number of hydrogen-bond acceptors (Lipinski definition) is 3. The van der Waals surface area contributed by atoms with Crippen LogP contribution in [0.1, 0.15) is 36.5 Å². The summed E-state index contributed by atoms with van der Waals surface area (Å²) >= 11 is 3.39. The van der Waals surface area contributed by atoms with Crippen LogP contribution in [0.25, 0.3) is 0 Å². The molecule has 0 bridgehead atoms. The van der Waals surface area contributed by atoms with Gasteiger partial charge in [-0.25, -0.2) is 0 Å². The molecule has 90 valence electrons. The smallest absolute Gasteiger partial charge is 0.290 e. The van der Waals surface area contributed by atoms with Gasteiger partial charge in [-0.05, 0) is 19.3 Å². The zero-order chi connectivity index (χ0) is 12.1. The molecule has 0 radical (unpaired) electrons. The molecule has 5 heteroatoms. The molecule has 1 aromatic rings. The van der Waals surface area contributed by atoms with Gasteiger partial charge >= 0.3 is 0 Å². The van der Waals surface area contributed by atoms with Crippen molar-refractivity contribution in [2.24, 2.45) is 5.92 Å². The molecule has 0 aliphatic carbocycles. The molecule has 0 fully saturated rings. The summed E-state index contributed by atoms with van der Waals surface area (Å²) < 4.78 is 4.90. The fourth-order valence-corrected chi connectivity index (χ4v) is 1.88. The van der Waals surface area contributed by atoms with Gasteiger partial charge < -0.3 is 9.84 Å². The van der Waals surface area contributed by atoms with E-state index in [9.17, 15) is 4.79 Å². The molecule has 16 heavy (non-hydrogen) atoms. The second kappa shape index (κ2) is 6.03. The quantitative estimate of drug-likeness (QED) is 0.847. The minimum absolute atomic E-state index is 0.123. The minimum atomic E-state index is -0.203. The molecular formula is C11H17BrN2O2. The van der Waals surface area contributed by atoms with Crippen LogP contribution in [0, 0.1) is 12.8 Å². The number of alkyl halides is 1. The van der Waals surface area contributed by atoms with E-state index in [2.05, 4.69) is 40.3 Å². The van der Waals surface area contributed by atoms with E-state index in [1.807, 2.05) is 0 Å². The van der Waals surface area contributed by atoms with Crippen LogP contribution in [-0.4, -0.2) is 22.4 Å². The van der Waals surface area contributed by atoms with Gasteiger partial charge in [0, 0.05) is 17.4 Å². The predicted octanol–water partition coefficient (Wildman–Crippen LogP) is 2.52. The van der Waals surface area contributed by atoms with Crippen molar-refractivity contribution in [3.05, 3.63) is 17.5 Å². The van der Waals surface area contributed by atoms with Crippen molar-refractivity contribution < 1.29 is 9.32 Å². The SMILES string of the molecule is Cc1cc(C(=O)NC(CBr)CC(C)C)on1. The average Bonchev–Trinajstić information content (AvgIpc) is 2.63. The standard InChI is InChI=1S/C11H17BrN2O2/c1-7(2)4-9(6-12)13-11(15)10-5-8(3)14-16-10/h5,7,9H,4,6H2,1-3H3,(H,13,15). The third kappa shape index (κ3) is 3.96. The first-order valence-corrected chi connectivity index (χ1v) is 6.45. The first-order valence-electron chi connectivity index (χ1n) is 5.33. The maximum atomic E-state index is 11.7. The monoisotopic (exact) mass is 288 g/mol. The lowest BCUT2D eigenvalue weighted by molar-refractivity contribution is 0.0900. The van der Waals surface area contributed by atoms with E-state index in [1.54, 1.807) is 13.0 Å². The summed E-state index contributed by atoms with van der Waals surface area (Å²) in [4.78, 5) is 11.7. The Bertz CT molecular complexity index is 350. The molecule has 1 unspecified atom stereocenters. The maximum absolute atomic E-state index is 11.7. The molecule has 0 spiro atoms. The Balaban J connectivity index is 2.55. The summed E-state index contributed by atoms with van der Waals surface area (Å²) in [6, 6.07) is 1.76. The van der Waals surface area contributed by atoms with Crippen LogP contribution in [-0.2, 0) is 0 Å². The second-order valence-electron chi connectivity index (χ2n) is 4.29. The molecular weight excluding hydrogens is 272 g/mol. The highest BCUT2D eigenvalue weighted by atomic mass is 79.9. The van der Waals surface area contributed by atoms with Crippen molar-refractivity contribution in [1.29, 1.82) is 0 Å². The van der Waals surface area contributed by atoms with Crippen LogP contribution in [0.15, 0.2) is 10.6 Å². The first kappa shape index (κ1) is 13.2. The molecule has 1 atom stereocenters. The molecule has 1 amide bonds. The number of aryl methyl sites for hydroxylation is 1. The first-order chi connectivity index (χ1) is 7.52. The van der Waals surface area contributed by atoms with E-state index in [0.29, 0.717) is 11.6 Å². The van der Waals surface area contributed by atoms with Gasteiger partial charge in [0.25, 0.3) is 5.91 Å².